The molecule has 1 aromatic heterocycles. The van der Waals surface area contributed by atoms with Crippen molar-refractivity contribution in [2.75, 3.05) is 38.2 Å². The molecule has 3 aromatic carbocycles. The Morgan fingerprint density at radius 3 is 2.38 bits per heavy atom. The number of fused-ring (bicyclic) bond motifs is 1. The highest BCUT2D eigenvalue weighted by molar-refractivity contribution is 5.89. The van der Waals surface area contributed by atoms with Crippen molar-refractivity contribution in [1.82, 2.24) is 9.47 Å². The van der Waals surface area contributed by atoms with Crippen molar-refractivity contribution in [1.29, 1.82) is 5.41 Å². The molecule has 2 heterocycles. The standard InChI is InChI=1S/C29H28F4N4O2/c30-22-6-8-23(9-7-22)35-26-10-5-21(17-20(26)18-34)28(38,29(31,32)33)25-19-37(27-4-2-1-3-24(25)27)12-11-36-13-15-39-16-14-36/h1-10,17-19,34-35,38H,11-16H2. The number of hydrogen-bond acceptors (Lipinski definition) is 5. The van der Waals surface area contributed by atoms with Gasteiger partial charge in [0.2, 0.25) is 5.60 Å². The molecule has 3 N–H and O–H groups in total. The third-order valence-corrected chi connectivity index (χ3v) is 7.10. The first kappa shape index (κ1) is 26.9. The first-order chi connectivity index (χ1) is 18.7. The van der Waals surface area contributed by atoms with E-state index in [1.165, 1.54) is 42.6 Å². The number of aromatic nitrogens is 1. The van der Waals surface area contributed by atoms with Gasteiger partial charge in [0.15, 0.2) is 0 Å². The molecule has 1 atom stereocenters. The summed E-state index contributed by atoms with van der Waals surface area (Å²) in [5.74, 6) is -0.428. The number of benzene rings is 3. The minimum absolute atomic E-state index is 0.135. The minimum atomic E-state index is -5.06. The summed E-state index contributed by atoms with van der Waals surface area (Å²) in [5, 5.41) is 22.7. The second-order valence-corrected chi connectivity index (χ2v) is 9.49. The van der Waals surface area contributed by atoms with Crippen molar-refractivity contribution in [3.05, 3.63) is 95.4 Å². The van der Waals surface area contributed by atoms with Crippen molar-refractivity contribution in [2.45, 2.75) is 18.3 Å². The van der Waals surface area contributed by atoms with Crippen molar-refractivity contribution in [2.24, 2.45) is 0 Å². The molecule has 4 aromatic rings. The topological polar surface area (TPSA) is 73.5 Å². The van der Waals surface area contributed by atoms with Crippen LogP contribution in [0, 0.1) is 11.2 Å². The van der Waals surface area contributed by atoms with E-state index in [2.05, 4.69) is 10.2 Å². The summed E-state index contributed by atoms with van der Waals surface area (Å²) in [4.78, 5) is 2.19. The fourth-order valence-corrected chi connectivity index (χ4v) is 4.98. The molecule has 5 rings (SSSR count). The monoisotopic (exact) mass is 540 g/mol. The van der Waals surface area contributed by atoms with Gasteiger partial charge in [0, 0.05) is 72.0 Å². The van der Waals surface area contributed by atoms with Gasteiger partial charge < -0.3 is 25.1 Å². The van der Waals surface area contributed by atoms with E-state index in [0.717, 1.165) is 25.4 Å². The molecule has 39 heavy (non-hydrogen) atoms. The maximum Gasteiger partial charge on any atom is 0.425 e. The van der Waals surface area contributed by atoms with Crippen molar-refractivity contribution >= 4 is 28.5 Å². The summed E-state index contributed by atoms with van der Waals surface area (Å²) in [5.41, 5.74) is -2.44. The maximum atomic E-state index is 14.8. The van der Waals surface area contributed by atoms with Gasteiger partial charge in [-0.15, -0.1) is 0 Å². The van der Waals surface area contributed by atoms with Crippen LogP contribution < -0.4 is 5.32 Å². The second kappa shape index (κ2) is 10.8. The molecule has 10 heteroatoms. The van der Waals surface area contributed by atoms with E-state index in [1.54, 1.807) is 28.8 Å². The number of aliphatic hydroxyl groups is 1. The van der Waals surface area contributed by atoms with Gasteiger partial charge in [-0.2, -0.15) is 13.2 Å². The number of alkyl halides is 3. The predicted molar refractivity (Wildman–Crippen MR) is 142 cm³/mol. The molecule has 1 aliphatic heterocycles. The number of para-hydroxylation sites is 1. The SMILES string of the molecule is N=Cc1cc(C(O)(c2cn(CCN3CCOCC3)c3ccccc23)C(F)(F)F)ccc1Nc1ccc(F)cc1. The summed E-state index contributed by atoms with van der Waals surface area (Å²) >= 11 is 0. The van der Waals surface area contributed by atoms with Gasteiger partial charge in [-0.05, 0) is 48.0 Å². The van der Waals surface area contributed by atoms with Gasteiger partial charge >= 0.3 is 6.18 Å². The highest BCUT2D eigenvalue weighted by atomic mass is 19.4. The lowest BCUT2D eigenvalue weighted by atomic mass is 9.84. The Hall–Kier alpha value is -3.73. The molecule has 0 spiro atoms. The van der Waals surface area contributed by atoms with Crippen LogP contribution in [-0.4, -0.2) is 59.8 Å². The van der Waals surface area contributed by atoms with Crippen LogP contribution in [0.15, 0.2) is 72.9 Å². The zero-order valence-electron chi connectivity index (χ0n) is 21.0. The molecule has 0 saturated carbocycles. The van der Waals surface area contributed by atoms with Gasteiger partial charge in [-0.3, -0.25) is 4.90 Å². The van der Waals surface area contributed by atoms with Crippen molar-refractivity contribution in [3.8, 4) is 0 Å². The number of nitrogens with zero attached hydrogens (tertiary/aromatic N) is 2. The number of anilines is 2. The summed E-state index contributed by atoms with van der Waals surface area (Å²) in [6.07, 6.45) is -2.76. The Balaban J connectivity index is 1.55. The zero-order chi connectivity index (χ0) is 27.6. The van der Waals surface area contributed by atoms with Crippen LogP contribution in [0.25, 0.3) is 10.9 Å². The Labute approximate surface area is 222 Å². The van der Waals surface area contributed by atoms with Crippen LogP contribution in [0.3, 0.4) is 0 Å². The minimum Gasteiger partial charge on any atom is -0.379 e. The van der Waals surface area contributed by atoms with Gasteiger partial charge in [-0.1, -0.05) is 24.3 Å². The van der Waals surface area contributed by atoms with E-state index in [9.17, 15) is 22.7 Å². The highest BCUT2D eigenvalue weighted by Gasteiger charge is 2.57. The lowest BCUT2D eigenvalue weighted by molar-refractivity contribution is -0.247. The lowest BCUT2D eigenvalue weighted by Crippen LogP contribution is -2.43. The van der Waals surface area contributed by atoms with E-state index < -0.39 is 23.2 Å². The molecule has 1 aliphatic rings. The maximum absolute atomic E-state index is 14.8. The Bertz CT molecular complexity index is 1460. The van der Waals surface area contributed by atoms with E-state index >= 15 is 0 Å². The van der Waals surface area contributed by atoms with Crippen molar-refractivity contribution < 1.29 is 27.4 Å². The van der Waals surface area contributed by atoms with Gasteiger partial charge in [0.25, 0.3) is 0 Å². The molecular formula is C29H28F4N4O2. The summed E-state index contributed by atoms with van der Waals surface area (Å²) in [6.45, 7) is 3.82. The van der Waals surface area contributed by atoms with E-state index in [0.29, 0.717) is 48.6 Å². The third-order valence-electron chi connectivity index (χ3n) is 7.10. The smallest absolute Gasteiger partial charge is 0.379 e. The third kappa shape index (κ3) is 5.27. The number of nitrogens with one attached hydrogen (secondary N) is 2. The van der Waals surface area contributed by atoms with Gasteiger partial charge in [-0.25, -0.2) is 4.39 Å². The summed E-state index contributed by atoms with van der Waals surface area (Å²) < 4.78 is 64.9. The van der Waals surface area contributed by atoms with Crippen LogP contribution in [0.5, 0.6) is 0 Å². The Kier molecular flexibility index (Phi) is 7.44. The molecule has 0 radical (unpaired) electrons. The lowest BCUT2D eigenvalue weighted by Gasteiger charge is -2.31. The van der Waals surface area contributed by atoms with Crippen LogP contribution in [0.4, 0.5) is 28.9 Å². The van der Waals surface area contributed by atoms with Crippen LogP contribution in [0.2, 0.25) is 0 Å². The highest BCUT2D eigenvalue weighted by Crippen LogP contribution is 2.47. The first-order valence-electron chi connectivity index (χ1n) is 12.6. The molecule has 1 unspecified atom stereocenters. The number of halogens is 4. The number of rotatable bonds is 8. The predicted octanol–water partition coefficient (Wildman–Crippen LogP) is 5.65. The molecule has 0 amide bonds. The van der Waals surface area contributed by atoms with Gasteiger partial charge in [0.1, 0.15) is 5.82 Å². The summed E-state index contributed by atoms with van der Waals surface area (Å²) in [7, 11) is 0. The van der Waals surface area contributed by atoms with E-state index in [-0.39, 0.29) is 11.1 Å². The van der Waals surface area contributed by atoms with Gasteiger partial charge in [0.05, 0.1) is 13.2 Å². The molecule has 1 fully saturated rings. The van der Waals surface area contributed by atoms with E-state index in [4.69, 9.17) is 10.1 Å². The molecular weight excluding hydrogens is 512 g/mol. The fourth-order valence-electron chi connectivity index (χ4n) is 4.98. The Morgan fingerprint density at radius 2 is 1.69 bits per heavy atom. The molecule has 0 aliphatic carbocycles. The average Bonchev–Trinajstić information content (AvgIpc) is 3.32. The number of morpholine rings is 1. The second-order valence-electron chi connectivity index (χ2n) is 9.49. The molecule has 204 valence electrons. The number of ether oxygens (including phenoxy) is 1. The van der Waals surface area contributed by atoms with Crippen LogP contribution in [-0.2, 0) is 16.9 Å². The van der Waals surface area contributed by atoms with Crippen LogP contribution in [0.1, 0.15) is 16.7 Å². The first-order valence-corrected chi connectivity index (χ1v) is 12.6. The van der Waals surface area contributed by atoms with Crippen LogP contribution >= 0.6 is 0 Å². The zero-order valence-corrected chi connectivity index (χ0v) is 21.0. The van der Waals surface area contributed by atoms with Crippen molar-refractivity contribution in [3.63, 3.8) is 0 Å². The van der Waals surface area contributed by atoms with E-state index in [1.807, 2.05) is 0 Å². The number of hydrogen-bond donors (Lipinski definition) is 3. The quantitative estimate of drug-likeness (QED) is 0.200. The molecule has 6 nitrogen and oxygen atoms in total. The summed E-state index contributed by atoms with van der Waals surface area (Å²) in [6, 6.07) is 15.9. The molecule has 0 bridgehead atoms. The largest absolute Gasteiger partial charge is 0.425 e. The Morgan fingerprint density at radius 1 is 0.974 bits per heavy atom. The fraction of sp³-hybridized carbons (Fsp3) is 0.276. The molecule has 1 saturated heterocycles. The average molecular weight is 541 g/mol. The normalized spacial score (nSPS) is 16.2.